The molecule has 3 heteroatoms. The molecule has 0 saturated heterocycles. The van der Waals surface area contributed by atoms with Gasteiger partial charge in [-0.25, -0.2) is 4.39 Å². The lowest BCUT2D eigenvalue weighted by Gasteiger charge is -2.12. The molecule has 0 heterocycles. The van der Waals surface area contributed by atoms with E-state index < -0.39 is 0 Å². The van der Waals surface area contributed by atoms with Gasteiger partial charge in [0.1, 0.15) is 5.82 Å². The predicted octanol–water partition coefficient (Wildman–Crippen LogP) is 3.41. The summed E-state index contributed by atoms with van der Waals surface area (Å²) in [4.78, 5) is 0. The maximum atomic E-state index is 12.8. The molecule has 1 aromatic rings. The predicted molar refractivity (Wildman–Crippen MR) is 62.9 cm³/mol. The van der Waals surface area contributed by atoms with E-state index in [-0.39, 0.29) is 5.82 Å². The number of halogens is 2. The molecule has 0 amide bonds. The van der Waals surface area contributed by atoms with Crippen molar-refractivity contribution in [3.63, 3.8) is 0 Å². The van der Waals surface area contributed by atoms with Crippen LogP contribution in [-0.4, -0.2) is 12.6 Å². The molecular weight excluding hydrogens is 213 g/mol. The molecule has 0 aliphatic carbocycles. The summed E-state index contributed by atoms with van der Waals surface area (Å²) in [5.41, 5.74) is 1.02. The van der Waals surface area contributed by atoms with Crippen LogP contribution in [-0.2, 0) is 6.42 Å². The van der Waals surface area contributed by atoms with Crippen LogP contribution < -0.4 is 5.32 Å². The Labute approximate surface area is 95.6 Å². The van der Waals surface area contributed by atoms with Gasteiger partial charge in [-0.15, -0.1) is 0 Å². The van der Waals surface area contributed by atoms with Gasteiger partial charge in [-0.3, -0.25) is 0 Å². The van der Waals surface area contributed by atoms with Gasteiger partial charge in [0.15, 0.2) is 0 Å². The van der Waals surface area contributed by atoms with E-state index in [9.17, 15) is 4.39 Å². The zero-order valence-corrected chi connectivity index (χ0v) is 9.94. The second-order valence-corrected chi connectivity index (χ2v) is 4.14. The fraction of sp³-hybridized carbons (Fsp3) is 0.500. The Hall–Kier alpha value is -0.600. The van der Waals surface area contributed by atoms with Gasteiger partial charge >= 0.3 is 0 Å². The number of hydrogen-bond acceptors (Lipinski definition) is 1. The van der Waals surface area contributed by atoms with Crippen molar-refractivity contribution in [3.8, 4) is 0 Å². The lowest BCUT2D eigenvalue weighted by atomic mass is 10.1. The SMILES string of the molecule is CCNC(C)CCc1ccc(F)cc1Cl. The fourth-order valence-corrected chi connectivity index (χ4v) is 1.81. The lowest BCUT2D eigenvalue weighted by molar-refractivity contribution is 0.530. The highest BCUT2D eigenvalue weighted by atomic mass is 35.5. The quantitative estimate of drug-likeness (QED) is 0.816. The van der Waals surface area contributed by atoms with E-state index in [0.29, 0.717) is 11.1 Å². The monoisotopic (exact) mass is 229 g/mol. The first kappa shape index (κ1) is 12.5. The third-order valence-corrected chi connectivity index (χ3v) is 2.77. The van der Waals surface area contributed by atoms with Crippen LogP contribution in [0.15, 0.2) is 18.2 Å². The Morgan fingerprint density at radius 2 is 2.20 bits per heavy atom. The molecular formula is C12H17ClFN. The standard InChI is InChI=1S/C12H17ClFN/c1-3-15-9(2)4-5-10-6-7-11(14)8-12(10)13/h6-9,15H,3-5H2,1-2H3. The molecule has 1 rings (SSSR count). The van der Waals surface area contributed by atoms with Crippen molar-refractivity contribution in [2.24, 2.45) is 0 Å². The van der Waals surface area contributed by atoms with Gasteiger partial charge in [0.05, 0.1) is 0 Å². The van der Waals surface area contributed by atoms with Crippen LogP contribution in [0.4, 0.5) is 4.39 Å². The van der Waals surface area contributed by atoms with Crippen molar-refractivity contribution in [1.29, 1.82) is 0 Å². The summed E-state index contributed by atoms with van der Waals surface area (Å²) < 4.78 is 12.8. The molecule has 84 valence electrons. The number of hydrogen-bond donors (Lipinski definition) is 1. The summed E-state index contributed by atoms with van der Waals surface area (Å²) in [6.07, 6.45) is 1.90. The zero-order chi connectivity index (χ0) is 11.3. The first-order chi connectivity index (χ1) is 7.13. The van der Waals surface area contributed by atoms with Crippen LogP contribution >= 0.6 is 11.6 Å². The average molecular weight is 230 g/mol. The molecule has 0 saturated carbocycles. The van der Waals surface area contributed by atoms with Gasteiger partial charge in [-0.1, -0.05) is 24.6 Å². The Bertz CT molecular complexity index is 314. The van der Waals surface area contributed by atoms with Crippen molar-refractivity contribution >= 4 is 11.6 Å². The second kappa shape index (κ2) is 6.09. The van der Waals surface area contributed by atoms with Crippen LogP contribution in [0.2, 0.25) is 5.02 Å². The van der Waals surface area contributed by atoms with Crippen LogP contribution in [0.1, 0.15) is 25.8 Å². The summed E-state index contributed by atoms with van der Waals surface area (Å²) >= 11 is 5.93. The molecule has 0 radical (unpaired) electrons. The molecule has 0 bridgehead atoms. The normalized spacial score (nSPS) is 12.8. The first-order valence-electron chi connectivity index (χ1n) is 5.30. The van der Waals surface area contributed by atoms with E-state index in [1.54, 1.807) is 6.07 Å². The number of aryl methyl sites for hydroxylation is 1. The third-order valence-electron chi connectivity index (χ3n) is 2.41. The fourth-order valence-electron chi connectivity index (χ4n) is 1.55. The van der Waals surface area contributed by atoms with Crippen molar-refractivity contribution in [3.05, 3.63) is 34.6 Å². The van der Waals surface area contributed by atoms with E-state index in [1.165, 1.54) is 12.1 Å². The average Bonchev–Trinajstić information content (AvgIpc) is 2.17. The van der Waals surface area contributed by atoms with Gasteiger partial charge in [-0.05, 0) is 44.0 Å². The van der Waals surface area contributed by atoms with E-state index in [4.69, 9.17) is 11.6 Å². The lowest BCUT2D eigenvalue weighted by Crippen LogP contribution is -2.25. The highest BCUT2D eigenvalue weighted by molar-refractivity contribution is 6.31. The minimum absolute atomic E-state index is 0.275. The largest absolute Gasteiger partial charge is 0.315 e. The van der Waals surface area contributed by atoms with Crippen molar-refractivity contribution < 1.29 is 4.39 Å². The van der Waals surface area contributed by atoms with Crippen LogP contribution in [0.5, 0.6) is 0 Å². The topological polar surface area (TPSA) is 12.0 Å². The third kappa shape index (κ3) is 4.18. The number of rotatable bonds is 5. The van der Waals surface area contributed by atoms with E-state index >= 15 is 0 Å². The molecule has 1 nitrogen and oxygen atoms in total. The Morgan fingerprint density at radius 1 is 1.47 bits per heavy atom. The minimum Gasteiger partial charge on any atom is -0.315 e. The Morgan fingerprint density at radius 3 is 2.80 bits per heavy atom. The van der Waals surface area contributed by atoms with Crippen molar-refractivity contribution in [2.75, 3.05) is 6.54 Å². The van der Waals surface area contributed by atoms with Crippen molar-refractivity contribution in [2.45, 2.75) is 32.7 Å². The minimum atomic E-state index is -0.275. The summed E-state index contributed by atoms with van der Waals surface area (Å²) in [6, 6.07) is 5.06. The Balaban J connectivity index is 2.50. The Kier molecular flexibility index (Phi) is 5.06. The first-order valence-corrected chi connectivity index (χ1v) is 5.68. The smallest absolute Gasteiger partial charge is 0.124 e. The van der Waals surface area contributed by atoms with Gasteiger partial charge in [0.25, 0.3) is 0 Å². The van der Waals surface area contributed by atoms with Gasteiger partial charge in [0, 0.05) is 11.1 Å². The van der Waals surface area contributed by atoms with Gasteiger partial charge in [-0.2, -0.15) is 0 Å². The summed E-state index contributed by atoms with van der Waals surface area (Å²) in [7, 11) is 0. The van der Waals surface area contributed by atoms with E-state index in [0.717, 1.165) is 24.9 Å². The number of nitrogens with one attached hydrogen (secondary N) is 1. The van der Waals surface area contributed by atoms with Gasteiger partial charge in [0.2, 0.25) is 0 Å². The summed E-state index contributed by atoms with van der Waals surface area (Å²) in [5, 5.41) is 3.86. The second-order valence-electron chi connectivity index (χ2n) is 3.73. The highest BCUT2D eigenvalue weighted by Gasteiger charge is 2.04. The molecule has 0 aliphatic rings. The molecule has 15 heavy (non-hydrogen) atoms. The maximum Gasteiger partial charge on any atom is 0.124 e. The summed E-state index contributed by atoms with van der Waals surface area (Å²) in [6.45, 7) is 5.20. The van der Waals surface area contributed by atoms with Crippen LogP contribution in [0.3, 0.4) is 0 Å². The summed E-state index contributed by atoms with van der Waals surface area (Å²) in [5.74, 6) is -0.275. The van der Waals surface area contributed by atoms with Crippen LogP contribution in [0, 0.1) is 5.82 Å². The van der Waals surface area contributed by atoms with Crippen LogP contribution in [0.25, 0.3) is 0 Å². The molecule has 0 fully saturated rings. The van der Waals surface area contributed by atoms with Gasteiger partial charge < -0.3 is 5.32 Å². The number of benzene rings is 1. The molecule has 0 aliphatic heterocycles. The van der Waals surface area contributed by atoms with E-state index in [1.807, 2.05) is 0 Å². The van der Waals surface area contributed by atoms with Crippen molar-refractivity contribution in [1.82, 2.24) is 5.32 Å². The molecule has 0 spiro atoms. The zero-order valence-electron chi connectivity index (χ0n) is 9.19. The molecule has 1 N–H and O–H groups in total. The molecule has 0 aromatic heterocycles. The molecule has 1 atom stereocenters. The molecule has 1 aromatic carbocycles. The molecule has 1 unspecified atom stereocenters. The maximum absolute atomic E-state index is 12.8. The highest BCUT2D eigenvalue weighted by Crippen LogP contribution is 2.19. The van der Waals surface area contributed by atoms with E-state index in [2.05, 4.69) is 19.2 Å².